The van der Waals surface area contributed by atoms with E-state index in [0.29, 0.717) is 18.3 Å². The topological polar surface area (TPSA) is 119 Å². The minimum atomic E-state index is -0.774. The smallest absolute Gasteiger partial charge is 0.303 e. The molecule has 0 bridgehead atoms. The number of ether oxygens (including phenoxy) is 3. The maximum atomic E-state index is 13.8. The van der Waals surface area contributed by atoms with Crippen LogP contribution in [-0.2, 0) is 33.4 Å². The highest BCUT2D eigenvalue weighted by Crippen LogP contribution is 2.76. The number of carbonyl (C=O) groups is 4. The Kier molecular flexibility index (Phi) is 8.82. The summed E-state index contributed by atoms with van der Waals surface area (Å²) in [7, 11) is 1.47. The van der Waals surface area contributed by atoms with Crippen LogP contribution in [-0.4, -0.2) is 59.9 Å². The van der Waals surface area contributed by atoms with Crippen molar-refractivity contribution >= 4 is 23.8 Å². The van der Waals surface area contributed by atoms with E-state index in [1.54, 1.807) is 0 Å². The summed E-state index contributed by atoms with van der Waals surface area (Å²) in [4.78, 5) is 50.9. The van der Waals surface area contributed by atoms with Gasteiger partial charge in [-0.2, -0.15) is 0 Å². The van der Waals surface area contributed by atoms with E-state index in [1.165, 1.54) is 33.4 Å². The van der Waals surface area contributed by atoms with Gasteiger partial charge < -0.3 is 14.2 Å². The predicted molar refractivity (Wildman–Crippen MR) is 171 cm³/mol. The van der Waals surface area contributed by atoms with E-state index >= 15 is 0 Å². The molecule has 1 amide bonds. The average molecular weight is 644 g/mol. The summed E-state index contributed by atoms with van der Waals surface area (Å²) in [5.41, 5.74) is -0.611. The molecule has 9 nitrogen and oxygen atoms in total. The molecule has 0 aliphatic heterocycles. The fourth-order valence-electron chi connectivity index (χ4n) is 12.2. The van der Waals surface area contributed by atoms with Gasteiger partial charge in [-0.25, -0.2) is 5.06 Å². The van der Waals surface area contributed by atoms with E-state index in [4.69, 9.17) is 14.2 Å². The van der Waals surface area contributed by atoms with Crippen molar-refractivity contribution in [2.24, 2.45) is 56.7 Å². The van der Waals surface area contributed by atoms with Gasteiger partial charge in [-0.15, -0.1) is 0 Å². The summed E-state index contributed by atoms with van der Waals surface area (Å²) in [5.74, 6) is -0.369. The van der Waals surface area contributed by atoms with E-state index in [-0.39, 0.29) is 46.5 Å². The number of esters is 3. The number of hydrogen-bond acceptors (Lipinski definition) is 8. The second kappa shape index (κ2) is 11.6. The van der Waals surface area contributed by atoms with Crippen molar-refractivity contribution in [2.75, 3.05) is 13.7 Å². The van der Waals surface area contributed by atoms with E-state index in [9.17, 15) is 24.4 Å². The zero-order chi connectivity index (χ0) is 34.2. The number of hydrogen-bond donors (Lipinski definition) is 1. The number of rotatable bonds is 5. The molecule has 12 atom stereocenters. The molecule has 9 heteroatoms. The first-order valence-electron chi connectivity index (χ1n) is 17.4. The molecule has 0 unspecified atom stereocenters. The molecule has 0 aromatic rings. The third-order valence-corrected chi connectivity index (χ3v) is 14.6. The Labute approximate surface area is 275 Å². The Bertz CT molecular complexity index is 1310. The standard InChI is InChI=1S/C37H57NO8/c1-21-13-16-37(32(42)38(10)43)18-17-35(8)26(30(37)22(21)2)11-12-29-33(6)19-27(45-24(4)40)31(46-25(5)41)34(7,20-44-23(3)39)28(33)14-15-36(29,35)9/h11,21-22,27-31,43H,12-20H2,1-10H3/t21-,22+,27-,28-,29-,30+,31+,33+,34+,35-,36-,37+/m1/s1. The highest BCUT2D eigenvalue weighted by Gasteiger charge is 2.72. The second-order valence-electron chi connectivity index (χ2n) is 16.8. The first-order valence-corrected chi connectivity index (χ1v) is 17.4. The van der Waals surface area contributed by atoms with Crippen LogP contribution in [0.5, 0.6) is 0 Å². The van der Waals surface area contributed by atoms with Gasteiger partial charge in [0.15, 0.2) is 0 Å². The molecule has 0 heterocycles. The van der Waals surface area contributed by atoms with Gasteiger partial charge in [0.1, 0.15) is 18.8 Å². The molecule has 5 aliphatic carbocycles. The minimum absolute atomic E-state index is 0.0352. The van der Waals surface area contributed by atoms with Crippen LogP contribution in [0, 0.1) is 56.7 Å². The van der Waals surface area contributed by atoms with Crippen LogP contribution >= 0.6 is 0 Å². The Balaban J connectivity index is 1.63. The summed E-state index contributed by atoms with van der Waals surface area (Å²) >= 11 is 0. The van der Waals surface area contributed by atoms with Crippen LogP contribution in [0.3, 0.4) is 0 Å². The van der Waals surface area contributed by atoms with Crippen molar-refractivity contribution in [3.63, 3.8) is 0 Å². The van der Waals surface area contributed by atoms with Crippen LogP contribution in [0.2, 0.25) is 0 Å². The molecule has 258 valence electrons. The first-order chi connectivity index (χ1) is 21.3. The van der Waals surface area contributed by atoms with Gasteiger partial charge in [0.05, 0.1) is 5.41 Å². The molecule has 0 aromatic carbocycles. The SMILES string of the molecule is CC(=O)OC[C@@]1(C)[C@@H]2CC[C@]3(C)[C@H](CC=C4[C@@H]5[C@@H](C)[C@H](C)CC[C@]5(C(=O)N(C)O)CC[C@]43C)[C@@]2(C)C[C@@H](OC(C)=O)[C@@H]1OC(C)=O. The van der Waals surface area contributed by atoms with Crippen molar-refractivity contribution in [2.45, 2.75) is 126 Å². The molecular formula is C37H57NO8. The maximum Gasteiger partial charge on any atom is 0.303 e. The zero-order valence-corrected chi connectivity index (χ0v) is 29.7. The van der Waals surface area contributed by atoms with Crippen molar-refractivity contribution in [3.05, 3.63) is 11.6 Å². The third-order valence-electron chi connectivity index (χ3n) is 14.6. The largest absolute Gasteiger partial charge is 0.465 e. The quantitative estimate of drug-likeness (QED) is 0.118. The van der Waals surface area contributed by atoms with Crippen molar-refractivity contribution in [1.82, 2.24) is 5.06 Å². The molecule has 5 aliphatic rings. The van der Waals surface area contributed by atoms with Crippen LogP contribution < -0.4 is 0 Å². The van der Waals surface area contributed by atoms with Gasteiger partial charge >= 0.3 is 17.9 Å². The maximum absolute atomic E-state index is 13.8. The monoisotopic (exact) mass is 643 g/mol. The van der Waals surface area contributed by atoms with Gasteiger partial charge in [-0.3, -0.25) is 24.4 Å². The molecule has 46 heavy (non-hydrogen) atoms. The van der Waals surface area contributed by atoms with Gasteiger partial charge in [-0.1, -0.05) is 53.2 Å². The Hall–Kier alpha value is -2.42. The lowest BCUT2D eigenvalue weighted by Crippen LogP contribution is -2.69. The van der Waals surface area contributed by atoms with Gasteiger partial charge in [0.2, 0.25) is 0 Å². The number of carbonyl (C=O) groups excluding carboxylic acids is 4. The highest BCUT2D eigenvalue weighted by atomic mass is 16.6. The van der Waals surface area contributed by atoms with Gasteiger partial charge in [0.25, 0.3) is 5.91 Å². The summed E-state index contributed by atoms with van der Waals surface area (Å²) in [6, 6.07) is 0. The number of allylic oxidation sites excluding steroid dienone is 2. The van der Waals surface area contributed by atoms with E-state index in [1.807, 2.05) is 6.92 Å². The lowest BCUT2D eigenvalue weighted by molar-refractivity contribution is -0.256. The molecular weight excluding hydrogens is 586 g/mol. The van der Waals surface area contributed by atoms with Crippen LogP contribution in [0.4, 0.5) is 0 Å². The fourth-order valence-corrected chi connectivity index (χ4v) is 12.2. The fraction of sp³-hybridized carbons (Fsp3) is 0.838. The van der Waals surface area contributed by atoms with Gasteiger partial charge in [0, 0.05) is 33.2 Å². The number of amides is 1. The molecule has 0 radical (unpaired) electrons. The molecule has 4 fully saturated rings. The molecule has 5 rings (SSSR count). The molecule has 4 saturated carbocycles. The third kappa shape index (κ3) is 4.95. The normalized spacial score (nSPS) is 46.2. The molecule has 0 aromatic heterocycles. The Morgan fingerprint density at radius 2 is 1.54 bits per heavy atom. The Morgan fingerprint density at radius 3 is 2.13 bits per heavy atom. The first kappa shape index (κ1) is 34.9. The minimum Gasteiger partial charge on any atom is -0.465 e. The second-order valence-corrected chi connectivity index (χ2v) is 16.8. The van der Waals surface area contributed by atoms with E-state index < -0.39 is 40.9 Å². The van der Waals surface area contributed by atoms with Crippen LogP contribution in [0.1, 0.15) is 114 Å². The van der Waals surface area contributed by atoms with Crippen LogP contribution in [0.15, 0.2) is 11.6 Å². The molecule has 0 saturated heterocycles. The summed E-state index contributed by atoms with van der Waals surface area (Å²) in [5, 5.41) is 11.3. The van der Waals surface area contributed by atoms with Gasteiger partial charge in [-0.05, 0) is 97.2 Å². The Morgan fingerprint density at radius 1 is 0.891 bits per heavy atom. The number of nitrogens with zero attached hydrogens (tertiary/aromatic N) is 1. The average Bonchev–Trinajstić information content (AvgIpc) is 2.95. The lowest BCUT2D eigenvalue weighted by Gasteiger charge is -2.72. The highest BCUT2D eigenvalue weighted by molar-refractivity contribution is 5.83. The zero-order valence-electron chi connectivity index (χ0n) is 29.7. The summed E-state index contributed by atoms with van der Waals surface area (Å²) < 4.78 is 17.7. The summed E-state index contributed by atoms with van der Waals surface area (Å²) in [6.45, 7) is 18.0. The number of fused-ring (bicyclic) bond motifs is 7. The van der Waals surface area contributed by atoms with Crippen molar-refractivity contribution in [3.8, 4) is 0 Å². The summed E-state index contributed by atoms with van der Waals surface area (Å²) in [6.07, 6.45) is 7.51. The molecule has 1 N–H and O–H groups in total. The van der Waals surface area contributed by atoms with E-state index in [2.05, 4.69) is 40.7 Å². The number of hydroxylamine groups is 2. The van der Waals surface area contributed by atoms with Crippen molar-refractivity contribution < 1.29 is 38.6 Å². The van der Waals surface area contributed by atoms with E-state index in [0.717, 1.165) is 50.0 Å². The predicted octanol–water partition coefficient (Wildman–Crippen LogP) is 6.51. The lowest BCUT2D eigenvalue weighted by atomic mass is 9.33. The molecule has 0 spiro atoms. The van der Waals surface area contributed by atoms with Crippen molar-refractivity contribution in [1.29, 1.82) is 0 Å². The van der Waals surface area contributed by atoms with Crippen LogP contribution in [0.25, 0.3) is 0 Å².